The Morgan fingerprint density at radius 2 is 1.59 bits per heavy atom. The second-order valence-electron chi connectivity index (χ2n) is 5.80. The molecule has 2 aromatic rings. The Kier molecular flexibility index (Phi) is 3.90. The molecule has 1 fully saturated rings. The maximum atomic E-state index is 11.1. The molecule has 0 unspecified atom stereocenters. The van der Waals surface area contributed by atoms with Crippen LogP contribution in [0.25, 0.3) is 5.69 Å². The predicted molar refractivity (Wildman–Crippen MR) is 87.2 cm³/mol. The van der Waals surface area contributed by atoms with E-state index in [2.05, 4.69) is 29.0 Å². The van der Waals surface area contributed by atoms with Crippen LogP contribution in [0.1, 0.15) is 16.1 Å². The molecule has 1 aromatic carbocycles. The van der Waals surface area contributed by atoms with Gasteiger partial charge in [0.2, 0.25) is 0 Å². The highest BCUT2D eigenvalue weighted by Crippen LogP contribution is 2.21. The van der Waals surface area contributed by atoms with Crippen LogP contribution in [-0.2, 0) is 0 Å². The van der Waals surface area contributed by atoms with Gasteiger partial charge in [-0.3, -0.25) is 0 Å². The van der Waals surface area contributed by atoms with Crippen molar-refractivity contribution in [1.29, 1.82) is 0 Å². The van der Waals surface area contributed by atoms with Crippen LogP contribution < -0.4 is 4.90 Å². The number of likely N-dealkylation sites (N-methyl/N-ethyl adjacent to an activating group) is 1. The van der Waals surface area contributed by atoms with E-state index in [1.165, 1.54) is 5.69 Å². The standard InChI is InChI=1S/C17H21N3O2/c1-13-16(17(21)22)7-8-20(13)15-5-3-14(4-6-15)19-11-9-18(2)10-12-19/h3-8H,9-12H2,1-2H3,(H,21,22). The SMILES string of the molecule is Cc1c(C(=O)O)ccn1-c1ccc(N2CCN(C)CC2)cc1. The van der Waals surface area contributed by atoms with Crippen molar-refractivity contribution in [2.24, 2.45) is 0 Å². The van der Waals surface area contributed by atoms with E-state index in [1.807, 2.05) is 29.8 Å². The highest BCUT2D eigenvalue weighted by molar-refractivity contribution is 5.89. The van der Waals surface area contributed by atoms with E-state index in [0.717, 1.165) is 37.6 Å². The minimum Gasteiger partial charge on any atom is -0.478 e. The summed E-state index contributed by atoms with van der Waals surface area (Å²) in [6, 6.07) is 9.96. The van der Waals surface area contributed by atoms with Crippen LogP contribution in [0.4, 0.5) is 5.69 Å². The number of rotatable bonds is 3. The van der Waals surface area contributed by atoms with Gasteiger partial charge in [-0.05, 0) is 44.3 Å². The van der Waals surface area contributed by atoms with Gasteiger partial charge < -0.3 is 19.5 Å². The number of hydrogen-bond acceptors (Lipinski definition) is 3. The Morgan fingerprint density at radius 3 is 2.14 bits per heavy atom. The average Bonchev–Trinajstić information content (AvgIpc) is 2.90. The van der Waals surface area contributed by atoms with E-state index in [-0.39, 0.29) is 0 Å². The van der Waals surface area contributed by atoms with E-state index < -0.39 is 5.97 Å². The van der Waals surface area contributed by atoms with Gasteiger partial charge in [-0.15, -0.1) is 0 Å². The molecule has 0 amide bonds. The molecule has 0 radical (unpaired) electrons. The van der Waals surface area contributed by atoms with E-state index in [4.69, 9.17) is 5.11 Å². The van der Waals surface area contributed by atoms with Gasteiger partial charge >= 0.3 is 5.97 Å². The molecule has 1 saturated heterocycles. The Morgan fingerprint density at radius 1 is 1.00 bits per heavy atom. The summed E-state index contributed by atoms with van der Waals surface area (Å²) in [5, 5.41) is 9.14. The number of piperazine rings is 1. The largest absolute Gasteiger partial charge is 0.478 e. The smallest absolute Gasteiger partial charge is 0.337 e. The fourth-order valence-electron chi connectivity index (χ4n) is 2.91. The monoisotopic (exact) mass is 299 g/mol. The number of carboxylic acids is 1. The summed E-state index contributed by atoms with van der Waals surface area (Å²) >= 11 is 0. The molecule has 2 heterocycles. The van der Waals surface area contributed by atoms with Crippen molar-refractivity contribution in [3.63, 3.8) is 0 Å². The number of anilines is 1. The van der Waals surface area contributed by atoms with Crippen molar-refractivity contribution in [3.8, 4) is 5.69 Å². The topological polar surface area (TPSA) is 48.7 Å². The molecule has 0 saturated carbocycles. The van der Waals surface area contributed by atoms with Crippen molar-refractivity contribution in [3.05, 3.63) is 47.8 Å². The number of hydrogen-bond donors (Lipinski definition) is 1. The normalized spacial score (nSPS) is 16.0. The Balaban J connectivity index is 1.81. The van der Waals surface area contributed by atoms with E-state index in [1.54, 1.807) is 6.07 Å². The summed E-state index contributed by atoms with van der Waals surface area (Å²) < 4.78 is 1.91. The molecule has 1 N–H and O–H groups in total. The lowest BCUT2D eigenvalue weighted by atomic mass is 10.2. The van der Waals surface area contributed by atoms with Crippen molar-refractivity contribution >= 4 is 11.7 Å². The molecule has 3 rings (SSSR count). The lowest BCUT2D eigenvalue weighted by Gasteiger charge is -2.34. The van der Waals surface area contributed by atoms with Crippen LogP contribution in [0, 0.1) is 6.92 Å². The predicted octanol–water partition coefficient (Wildman–Crippen LogP) is 2.24. The number of aromatic nitrogens is 1. The van der Waals surface area contributed by atoms with Gasteiger partial charge in [0.15, 0.2) is 0 Å². The molecule has 116 valence electrons. The first-order valence-corrected chi connectivity index (χ1v) is 7.51. The zero-order chi connectivity index (χ0) is 15.7. The molecule has 1 aliphatic heterocycles. The summed E-state index contributed by atoms with van der Waals surface area (Å²) in [6.07, 6.45) is 1.81. The first kappa shape index (κ1) is 14.7. The molecular formula is C17H21N3O2. The third kappa shape index (κ3) is 2.72. The van der Waals surface area contributed by atoms with E-state index >= 15 is 0 Å². The van der Waals surface area contributed by atoms with E-state index in [0.29, 0.717) is 5.56 Å². The molecule has 1 aliphatic rings. The molecule has 0 aliphatic carbocycles. The van der Waals surface area contributed by atoms with Crippen molar-refractivity contribution in [2.45, 2.75) is 6.92 Å². The fourth-order valence-corrected chi connectivity index (χ4v) is 2.91. The summed E-state index contributed by atoms with van der Waals surface area (Å²) in [5.74, 6) is -0.884. The fraction of sp³-hybridized carbons (Fsp3) is 0.353. The van der Waals surface area contributed by atoms with Crippen LogP contribution in [0.15, 0.2) is 36.5 Å². The van der Waals surface area contributed by atoms with Gasteiger partial charge in [0.05, 0.1) is 5.56 Å². The molecule has 5 heteroatoms. The third-order valence-electron chi connectivity index (χ3n) is 4.37. The maximum Gasteiger partial charge on any atom is 0.337 e. The zero-order valence-electron chi connectivity index (χ0n) is 13.0. The first-order valence-electron chi connectivity index (χ1n) is 7.51. The molecule has 0 atom stereocenters. The molecule has 5 nitrogen and oxygen atoms in total. The second-order valence-corrected chi connectivity index (χ2v) is 5.80. The number of aromatic carboxylic acids is 1. The highest BCUT2D eigenvalue weighted by Gasteiger charge is 2.15. The lowest BCUT2D eigenvalue weighted by Crippen LogP contribution is -2.44. The van der Waals surface area contributed by atoms with Crippen LogP contribution in [0.3, 0.4) is 0 Å². The Labute approximate surface area is 130 Å². The lowest BCUT2D eigenvalue weighted by molar-refractivity contribution is 0.0696. The van der Waals surface area contributed by atoms with Crippen molar-refractivity contribution in [2.75, 3.05) is 38.1 Å². The Bertz CT molecular complexity index is 668. The minimum atomic E-state index is -0.884. The number of benzene rings is 1. The summed E-state index contributed by atoms with van der Waals surface area (Å²) in [6.45, 7) is 6.09. The van der Waals surface area contributed by atoms with Crippen LogP contribution in [-0.4, -0.2) is 53.8 Å². The molecule has 1 aromatic heterocycles. The molecule has 22 heavy (non-hydrogen) atoms. The van der Waals surface area contributed by atoms with Crippen molar-refractivity contribution in [1.82, 2.24) is 9.47 Å². The van der Waals surface area contributed by atoms with Gasteiger partial charge in [-0.2, -0.15) is 0 Å². The number of carbonyl (C=O) groups is 1. The van der Waals surface area contributed by atoms with Gasteiger partial charge in [0, 0.05) is 49.4 Å². The van der Waals surface area contributed by atoms with Crippen molar-refractivity contribution < 1.29 is 9.90 Å². The highest BCUT2D eigenvalue weighted by atomic mass is 16.4. The summed E-state index contributed by atoms with van der Waals surface area (Å²) in [5.41, 5.74) is 3.31. The summed E-state index contributed by atoms with van der Waals surface area (Å²) in [7, 11) is 2.15. The Hall–Kier alpha value is -2.27. The second kappa shape index (κ2) is 5.85. The van der Waals surface area contributed by atoms with Gasteiger partial charge in [-0.1, -0.05) is 0 Å². The quantitative estimate of drug-likeness (QED) is 0.944. The summed E-state index contributed by atoms with van der Waals surface area (Å²) in [4.78, 5) is 15.8. The average molecular weight is 299 g/mol. The van der Waals surface area contributed by atoms with Gasteiger partial charge in [0.1, 0.15) is 0 Å². The molecule has 0 bridgehead atoms. The minimum absolute atomic E-state index is 0.350. The number of carboxylic acid groups (broad SMARTS) is 1. The zero-order valence-corrected chi connectivity index (χ0v) is 13.0. The van der Waals surface area contributed by atoms with Crippen LogP contribution in [0.2, 0.25) is 0 Å². The van der Waals surface area contributed by atoms with Crippen LogP contribution in [0.5, 0.6) is 0 Å². The molecule has 0 spiro atoms. The van der Waals surface area contributed by atoms with Gasteiger partial charge in [-0.25, -0.2) is 4.79 Å². The van der Waals surface area contributed by atoms with Crippen LogP contribution >= 0.6 is 0 Å². The van der Waals surface area contributed by atoms with E-state index in [9.17, 15) is 4.79 Å². The molecular weight excluding hydrogens is 278 g/mol. The third-order valence-corrected chi connectivity index (χ3v) is 4.37. The number of nitrogens with zero attached hydrogens (tertiary/aromatic N) is 3. The van der Waals surface area contributed by atoms with Gasteiger partial charge in [0.25, 0.3) is 0 Å². The maximum absolute atomic E-state index is 11.1. The first-order chi connectivity index (χ1) is 10.6.